The number of hydrogen-bond donors (Lipinski definition) is 2. The number of benzene rings is 1. The minimum Gasteiger partial charge on any atom is -0.341 e. The number of fused-ring (bicyclic) bond motifs is 1. The van der Waals surface area contributed by atoms with E-state index in [0.29, 0.717) is 24.7 Å². The number of aromatic amines is 1. The Kier molecular flexibility index (Phi) is 3.05. The molecule has 2 heterocycles. The second-order valence-corrected chi connectivity index (χ2v) is 4.71. The maximum absolute atomic E-state index is 12.4. The van der Waals surface area contributed by atoms with E-state index in [1.807, 2.05) is 23.1 Å². The third-order valence-corrected chi connectivity index (χ3v) is 3.56. The average molecular weight is 256 g/mol. The smallest absolute Gasteiger partial charge is 0.276 e. The van der Waals surface area contributed by atoms with Gasteiger partial charge in [0.2, 0.25) is 0 Å². The van der Waals surface area contributed by atoms with Gasteiger partial charge in [-0.1, -0.05) is 18.2 Å². The number of H-pyrrole nitrogens is 1. The summed E-state index contributed by atoms with van der Waals surface area (Å²) in [6.45, 7) is 1.32. The quantitative estimate of drug-likeness (QED) is 0.874. The van der Waals surface area contributed by atoms with Crippen LogP contribution in [0.1, 0.15) is 28.4 Å². The molecule has 0 saturated heterocycles. The topological polar surface area (TPSA) is 75.0 Å². The molecule has 0 radical (unpaired) electrons. The molecule has 0 saturated carbocycles. The lowest BCUT2D eigenvalue weighted by Gasteiger charge is -2.16. The summed E-state index contributed by atoms with van der Waals surface area (Å²) >= 11 is 0. The van der Waals surface area contributed by atoms with E-state index in [-0.39, 0.29) is 5.91 Å². The fourth-order valence-electron chi connectivity index (χ4n) is 2.65. The van der Waals surface area contributed by atoms with Crippen molar-refractivity contribution >= 4 is 11.6 Å². The van der Waals surface area contributed by atoms with Crippen molar-refractivity contribution in [1.82, 2.24) is 9.97 Å². The molecule has 0 aliphatic carbocycles. The van der Waals surface area contributed by atoms with Gasteiger partial charge in [0.15, 0.2) is 0 Å². The number of amides is 1. The van der Waals surface area contributed by atoms with Gasteiger partial charge in [0.25, 0.3) is 5.91 Å². The van der Waals surface area contributed by atoms with Crippen molar-refractivity contribution in [3.05, 3.63) is 48.0 Å². The summed E-state index contributed by atoms with van der Waals surface area (Å²) in [7, 11) is 0. The molecule has 1 aromatic heterocycles. The molecule has 3 N–H and O–H groups in total. The molecule has 98 valence electrons. The van der Waals surface area contributed by atoms with Gasteiger partial charge in [-0.05, 0) is 24.6 Å². The van der Waals surface area contributed by atoms with Crippen LogP contribution in [0.5, 0.6) is 0 Å². The molecule has 1 aliphatic heterocycles. The molecule has 1 aromatic carbocycles. The Labute approximate surface area is 111 Å². The highest BCUT2D eigenvalue weighted by Crippen LogP contribution is 2.38. The van der Waals surface area contributed by atoms with Gasteiger partial charge in [0, 0.05) is 18.2 Å². The van der Waals surface area contributed by atoms with Gasteiger partial charge in [0.1, 0.15) is 5.69 Å². The van der Waals surface area contributed by atoms with Crippen LogP contribution in [0.2, 0.25) is 0 Å². The Balaban J connectivity index is 1.94. The van der Waals surface area contributed by atoms with Crippen molar-refractivity contribution in [3.63, 3.8) is 0 Å². The zero-order valence-corrected chi connectivity index (χ0v) is 10.5. The van der Waals surface area contributed by atoms with Crippen molar-refractivity contribution in [2.24, 2.45) is 5.73 Å². The predicted molar refractivity (Wildman–Crippen MR) is 73.1 cm³/mol. The number of nitrogens with zero attached hydrogens (tertiary/aromatic N) is 2. The van der Waals surface area contributed by atoms with Gasteiger partial charge in [0.05, 0.1) is 12.5 Å². The van der Waals surface area contributed by atoms with Crippen LogP contribution >= 0.6 is 0 Å². The van der Waals surface area contributed by atoms with Crippen LogP contribution in [0.3, 0.4) is 0 Å². The van der Waals surface area contributed by atoms with Gasteiger partial charge in [-0.2, -0.15) is 0 Å². The highest BCUT2D eigenvalue weighted by atomic mass is 16.2. The number of carbonyl (C=O) groups excluding carboxylic acids is 1. The van der Waals surface area contributed by atoms with Crippen LogP contribution in [0.15, 0.2) is 36.8 Å². The summed E-state index contributed by atoms with van der Waals surface area (Å²) in [5.74, 6) is 0.289. The van der Waals surface area contributed by atoms with Gasteiger partial charge in [-0.3, -0.25) is 4.79 Å². The number of nitrogens with one attached hydrogen (secondary N) is 1. The molecule has 5 heteroatoms. The monoisotopic (exact) mass is 256 g/mol. The average Bonchev–Trinajstić information content (AvgIpc) is 3.07. The van der Waals surface area contributed by atoms with E-state index in [1.54, 1.807) is 6.20 Å². The Hall–Kier alpha value is -2.14. The Morgan fingerprint density at radius 1 is 1.47 bits per heavy atom. The van der Waals surface area contributed by atoms with Crippen molar-refractivity contribution in [3.8, 4) is 0 Å². The van der Waals surface area contributed by atoms with Crippen LogP contribution in [-0.4, -0.2) is 29.0 Å². The van der Waals surface area contributed by atoms with Crippen LogP contribution in [0.4, 0.5) is 5.69 Å². The van der Waals surface area contributed by atoms with Crippen LogP contribution in [0, 0.1) is 0 Å². The molecule has 1 amide bonds. The van der Waals surface area contributed by atoms with Crippen LogP contribution in [-0.2, 0) is 0 Å². The molecule has 1 atom stereocenters. The lowest BCUT2D eigenvalue weighted by Crippen LogP contribution is -2.30. The van der Waals surface area contributed by atoms with Crippen molar-refractivity contribution < 1.29 is 4.79 Å². The van der Waals surface area contributed by atoms with Crippen molar-refractivity contribution in [2.45, 2.75) is 12.3 Å². The number of rotatable bonds is 3. The summed E-state index contributed by atoms with van der Waals surface area (Å²) < 4.78 is 0. The van der Waals surface area contributed by atoms with Gasteiger partial charge in [-0.25, -0.2) is 4.98 Å². The summed E-state index contributed by atoms with van der Waals surface area (Å²) in [6, 6.07) is 8.03. The Morgan fingerprint density at radius 3 is 3.05 bits per heavy atom. The van der Waals surface area contributed by atoms with Gasteiger partial charge in [-0.15, -0.1) is 0 Å². The summed E-state index contributed by atoms with van der Waals surface area (Å²) in [6.07, 6.45) is 3.97. The second-order valence-electron chi connectivity index (χ2n) is 4.71. The molecule has 1 unspecified atom stereocenters. The molecule has 19 heavy (non-hydrogen) atoms. The zero-order valence-electron chi connectivity index (χ0n) is 10.5. The number of anilines is 1. The number of hydrogen-bond acceptors (Lipinski definition) is 3. The van der Waals surface area contributed by atoms with Crippen LogP contribution in [0.25, 0.3) is 0 Å². The standard InChI is InChI=1S/C14H16N4O/c15-6-5-10-8-18(13-4-2-1-3-11(10)13)14(19)12-7-16-9-17-12/h1-4,7,9-10H,5-6,8,15H2,(H,16,17). The fourth-order valence-corrected chi connectivity index (χ4v) is 2.65. The van der Waals surface area contributed by atoms with E-state index in [0.717, 1.165) is 12.1 Å². The minimum atomic E-state index is -0.0375. The first-order valence-electron chi connectivity index (χ1n) is 6.40. The second kappa shape index (κ2) is 4.85. The van der Waals surface area contributed by atoms with Gasteiger partial charge < -0.3 is 15.6 Å². The normalized spacial score (nSPS) is 17.5. The molecule has 0 bridgehead atoms. The highest BCUT2D eigenvalue weighted by Gasteiger charge is 2.32. The SMILES string of the molecule is NCCC1CN(C(=O)c2cnc[nH]2)c2ccccc21. The number of imidazole rings is 1. The van der Waals surface area contributed by atoms with E-state index in [4.69, 9.17) is 5.73 Å². The Bertz CT molecular complexity index is 579. The molecular weight excluding hydrogens is 240 g/mol. The minimum absolute atomic E-state index is 0.0375. The molecule has 3 rings (SSSR count). The van der Waals surface area contributed by atoms with E-state index >= 15 is 0 Å². The fraction of sp³-hybridized carbons (Fsp3) is 0.286. The maximum Gasteiger partial charge on any atom is 0.276 e. The molecular formula is C14H16N4O. The number of para-hydroxylation sites is 1. The predicted octanol–water partition coefficient (Wildman–Crippen LogP) is 1.50. The molecule has 2 aromatic rings. The van der Waals surface area contributed by atoms with Crippen LogP contribution < -0.4 is 10.6 Å². The number of nitrogens with two attached hydrogens (primary N) is 1. The van der Waals surface area contributed by atoms with E-state index in [1.165, 1.54) is 11.9 Å². The third kappa shape index (κ3) is 2.02. The van der Waals surface area contributed by atoms with E-state index in [9.17, 15) is 4.79 Å². The molecule has 0 spiro atoms. The molecule has 1 aliphatic rings. The van der Waals surface area contributed by atoms with Crippen molar-refractivity contribution in [1.29, 1.82) is 0 Å². The van der Waals surface area contributed by atoms with Crippen molar-refractivity contribution in [2.75, 3.05) is 18.0 Å². The molecule has 0 fully saturated rings. The summed E-state index contributed by atoms with van der Waals surface area (Å²) in [5, 5.41) is 0. The summed E-state index contributed by atoms with van der Waals surface area (Å²) in [5.41, 5.74) is 8.37. The van der Waals surface area contributed by atoms with E-state index < -0.39 is 0 Å². The first-order chi connectivity index (χ1) is 9.31. The zero-order chi connectivity index (χ0) is 13.2. The van der Waals surface area contributed by atoms with E-state index in [2.05, 4.69) is 16.0 Å². The Morgan fingerprint density at radius 2 is 2.32 bits per heavy atom. The number of carbonyl (C=O) groups is 1. The third-order valence-electron chi connectivity index (χ3n) is 3.56. The lowest BCUT2D eigenvalue weighted by molar-refractivity contribution is 0.0983. The highest BCUT2D eigenvalue weighted by molar-refractivity contribution is 6.06. The largest absolute Gasteiger partial charge is 0.341 e. The lowest BCUT2D eigenvalue weighted by atomic mass is 9.98. The summed E-state index contributed by atoms with van der Waals surface area (Å²) in [4.78, 5) is 21.0. The first kappa shape index (κ1) is 11.9. The van der Waals surface area contributed by atoms with Gasteiger partial charge >= 0.3 is 0 Å². The first-order valence-corrected chi connectivity index (χ1v) is 6.40. The maximum atomic E-state index is 12.4. The molecule has 5 nitrogen and oxygen atoms in total. The number of aromatic nitrogens is 2.